The predicted octanol–water partition coefficient (Wildman–Crippen LogP) is 4.87. The third-order valence-electron chi connectivity index (χ3n) is 5.14. The van der Waals surface area contributed by atoms with E-state index < -0.39 is 15.3 Å². The maximum Gasteiger partial charge on any atom is 0.183 e. The summed E-state index contributed by atoms with van der Waals surface area (Å²) >= 11 is 0. The van der Waals surface area contributed by atoms with Crippen molar-refractivity contribution in [3.8, 4) is 5.75 Å². The number of hydrogen-bond acceptors (Lipinski definition) is 4. The van der Waals surface area contributed by atoms with Gasteiger partial charge in [0.1, 0.15) is 16.9 Å². The number of carbonyl (C=O) groups is 1. The van der Waals surface area contributed by atoms with Gasteiger partial charge in [0.15, 0.2) is 9.84 Å². The molecule has 0 aliphatic rings. The van der Waals surface area contributed by atoms with Crippen LogP contribution in [-0.2, 0) is 21.1 Å². The standard InChI is InChI=1S/C23H30O4S/c1-3-5-16-23(4-2,18-24)19-28(25,26)22-14-10-9-13-21(22)27-17-15-20-11-7-6-8-12-20/h6-14,18H,3-5,15-17,19H2,1-2H3. The normalized spacial score (nSPS) is 13.6. The Labute approximate surface area is 168 Å². The first-order valence-corrected chi connectivity index (χ1v) is 11.6. The van der Waals surface area contributed by atoms with Crippen LogP contribution in [0.3, 0.4) is 0 Å². The van der Waals surface area contributed by atoms with Crippen LogP contribution in [0.2, 0.25) is 0 Å². The first kappa shape index (κ1) is 22.2. The zero-order chi connectivity index (χ0) is 20.5. The minimum absolute atomic E-state index is 0.166. The van der Waals surface area contributed by atoms with E-state index in [0.29, 0.717) is 31.6 Å². The number of ether oxygens (including phenoxy) is 1. The minimum atomic E-state index is -3.65. The average Bonchev–Trinajstić information content (AvgIpc) is 2.72. The molecule has 152 valence electrons. The summed E-state index contributed by atoms with van der Waals surface area (Å²) in [6, 6.07) is 16.6. The molecule has 0 aliphatic carbocycles. The highest BCUT2D eigenvalue weighted by Gasteiger charge is 2.35. The van der Waals surface area contributed by atoms with Crippen molar-refractivity contribution in [3.05, 3.63) is 60.2 Å². The lowest BCUT2D eigenvalue weighted by Crippen LogP contribution is -2.31. The van der Waals surface area contributed by atoms with E-state index in [1.165, 1.54) is 0 Å². The number of carbonyl (C=O) groups excluding carboxylic acids is 1. The Morgan fingerprint density at radius 1 is 1.00 bits per heavy atom. The highest BCUT2D eigenvalue weighted by atomic mass is 32.2. The van der Waals surface area contributed by atoms with Crippen LogP contribution in [0.5, 0.6) is 5.75 Å². The molecule has 28 heavy (non-hydrogen) atoms. The van der Waals surface area contributed by atoms with E-state index in [4.69, 9.17) is 4.74 Å². The maximum atomic E-state index is 13.1. The molecule has 0 spiro atoms. The van der Waals surface area contributed by atoms with Crippen LogP contribution in [0.25, 0.3) is 0 Å². The van der Waals surface area contributed by atoms with E-state index in [0.717, 1.165) is 24.7 Å². The number of rotatable bonds is 12. The Bertz CT molecular complexity index is 846. The van der Waals surface area contributed by atoms with Gasteiger partial charge in [0.2, 0.25) is 0 Å². The van der Waals surface area contributed by atoms with Crippen LogP contribution in [0.15, 0.2) is 59.5 Å². The zero-order valence-electron chi connectivity index (χ0n) is 16.8. The van der Waals surface area contributed by atoms with Crippen molar-refractivity contribution in [2.75, 3.05) is 12.4 Å². The van der Waals surface area contributed by atoms with Crippen molar-refractivity contribution in [2.24, 2.45) is 5.41 Å². The monoisotopic (exact) mass is 402 g/mol. The summed E-state index contributed by atoms with van der Waals surface area (Å²) in [6.07, 6.45) is 4.37. The topological polar surface area (TPSA) is 60.4 Å². The molecule has 0 saturated heterocycles. The van der Waals surface area contributed by atoms with Crippen LogP contribution < -0.4 is 4.74 Å². The molecule has 0 heterocycles. The largest absolute Gasteiger partial charge is 0.492 e. The van der Waals surface area contributed by atoms with Gasteiger partial charge in [-0.05, 0) is 30.5 Å². The Hall–Kier alpha value is -2.14. The SMILES string of the molecule is CCCCC(C=O)(CC)CS(=O)(=O)c1ccccc1OCCc1ccccc1. The summed E-state index contributed by atoms with van der Waals surface area (Å²) in [4.78, 5) is 12.0. The van der Waals surface area contributed by atoms with Gasteiger partial charge in [-0.15, -0.1) is 0 Å². The van der Waals surface area contributed by atoms with Crippen molar-refractivity contribution in [3.63, 3.8) is 0 Å². The molecular weight excluding hydrogens is 372 g/mol. The van der Waals surface area contributed by atoms with Crippen LogP contribution in [0, 0.1) is 5.41 Å². The van der Waals surface area contributed by atoms with Gasteiger partial charge >= 0.3 is 0 Å². The summed E-state index contributed by atoms with van der Waals surface area (Å²) < 4.78 is 32.1. The number of sulfone groups is 1. The fourth-order valence-electron chi connectivity index (χ4n) is 3.26. The highest BCUT2D eigenvalue weighted by molar-refractivity contribution is 7.91. The van der Waals surface area contributed by atoms with Crippen LogP contribution in [0.4, 0.5) is 0 Å². The van der Waals surface area contributed by atoms with Crippen LogP contribution in [0.1, 0.15) is 45.1 Å². The Morgan fingerprint density at radius 3 is 2.32 bits per heavy atom. The first-order chi connectivity index (χ1) is 13.5. The first-order valence-electron chi connectivity index (χ1n) is 9.91. The predicted molar refractivity (Wildman–Crippen MR) is 112 cm³/mol. The van der Waals surface area contributed by atoms with Gasteiger partial charge in [-0.3, -0.25) is 0 Å². The molecular formula is C23H30O4S. The van der Waals surface area contributed by atoms with Crippen molar-refractivity contribution >= 4 is 16.1 Å². The summed E-state index contributed by atoms with van der Waals surface area (Å²) in [5.41, 5.74) is 0.291. The molecule has 1 atom stereocenters. The molecule has 0 N–H and O–H groups in total. The van der Waals surface area contributed by atoms with Gasteiger partial charge < -0.3 is 9.53 Å². The van der Waals surface area contributed by atoms with E-state index in [1.54, 1.807) is 24.3 Å². The number of benzene rings is 2. The molecule has 0 amide bonds. The molecule has 5 heteroatoms. The number of aldehydes is 1. The summed E-state index contributed by atoms with van der Waals surface area (Å²) in [5.74, 6) is 0.170. The van der Waals surface area contributed by atoms with E-state index >= 15 is 0 Å². The lowest BCUT2D eigenvalue weighted by Gasteiger charge is -2.26. The minimum Gasteiger partial charge on any atom is -0.492 e. The number of para-hydroxylation sites is 1. The third-order valence-corrected chi connectivity index (χ3v) is 7.10. The second-order valence-corrected chi connectivity index (χ2v) is 9.19. The van der Waals surface area contributed by atoms with Gasteiger partial charge in [0.05, 0.1) is 12.4 Å². The van der Waals surface area contributed by atoms with Crippen molar-refractivity contribution < 1.29 is 17.9 Å². The summed E-state index contributed by atoms with van der Waals surface area (Å²) in [5, 5.41) is 0. The molecule has 0 fully saturated rings. The van der Waals surface area contributed by atoms with Crippen molar-refractivity contribution in [1.82, 2.24) is 0 Å². The smallest absolute Gasteiger partial charge is 0.183 e. The molecule has 2 aromatic rings. The molecule has 1 unspecified atom stereocenters. The van der Waals surface area contributed by atoms with E-state index in [-0.39, 0.29) is 10.6 Å². The highest BCUT2D eigenvalue weighted by Crippen LogP contribution is 2.33. The van der Waals surface area contributed by atoms with Gasteiger partial charge in [-0.1, -0.05) is 69.2 Å². The van der Waals surface area contributed by atoms with Crippen molar-refractivity contribution in [1.29, 1.82) is 0 Å². The molecule has 0 radical (unpaired) electrons. The second-order valence-electron chi connectivity index (χ2n) is 7.23. The lowest BCUT2D eigenvalue weighted by atomic mass is 9.84. The molecule has 2 aromatic carbocycles. The maximum absolute atomic E-state index is 13.1. The quantitative estimate of drug-likeness (QED) is 0.475. The van der Waals surface area contributed by atoms with Crippen molar-refractivity contribution in [2.45, 2.75) is 50.8 Å². The Morgan fingerprint density at radius 2 is 1.68 bits per heavy atom. The lowest BCUT2D eigenvalue weighted by molar-refractivity contribution is -0.115. The Balaban J connectivity index is 2.17. The van der Waals surface area contributed by atoms with Crippen LogP contribution in [-0.4, -0.2) is 27.1 Å². The van der Waals surface area contributed by atoms with E-state index in [2.05, 4.69) is 0 Å². The molecule has 0 aromatic heterocycles. The van der Waals surface area contributed by atoms with E-state index in [9.17, 15) is 13.2 Å². The summed E-state index contributed by atoms with van der Waals surface area (Å²) in [7, 11) is -3.65. The van der Waals surface area contributed by atoms with Gasteiger partial charge in [-0.25, -0.2) is 8.42 Å². The zero-order valence-corrected chi connectivity index (χ0v) is 17.6. The molecule has 4 nitrogen and oxygen atoms in total. The summed E-state index contributed by atoms with van der Waals surface area (Å²) in [6.45, 7) is 4.30. The fourth-order valence-corrected chi connectivity index (χ4v) is 5.31. The molecule has 0 saturated carbocycles. The Kier molecular flexibility index (Phi) is 8.24. The fraction of sp³-hybridized carbons (Fsp3) is 0.435. The van der Waals surface area contributed by atoms with E-state index in [1.807, 2.05) is 44.2 Å². The average molecular weight is 403 g/mol. The van der Waals surface area contributed by atoms with Gasteiger partial charge in [0, 0.05) is 11.8 Å². The van der Waals surface area contributed by atoms with Gasteiger partial charge in [0.25, 0.3) is 0 Å². The number of hydrogen-bond donors (Lipinski definition) is 0. The van der Waals surface area contributed by atoms with Crippen LogP contribution >= 0.6 is 0 Å². The second kappa shape index (κ2) is 10.4. The number of unbranched alkanes of at least 4 members (excludes halogenated alkanes) is 1. The molecule has 0 aliphatic heterocycles. The van der Waals surface area contributed by atoms with Gasteiger partial charge in [-0.2, -0.15) is 0 Å². The molecule has 2 rings (SSSR count). The third kappa shape index (κ3) is 5.93. The molecule has 0 bridgehead atoms.